The summed E-state index contributed by atoms with van der Waals surface area (Å²) in [4.78, 5) is 0.236. The first-order chi connectivity index (χ1) is 13.1. The van der Waals surface area contributed by atoms with E-state index < -0.39 is 19.9 Å². The van der Waals surface area contributed by atoms with Gasteiger partial charge in [-0.05, 0) is 54.7 Å². The Morgan fingerprint density at radius 2 is 1.64 bits per heavy atom. The van der Waals surface area contributed by atoms with Gasteiger partial charge in [-0.15, -0.1) is 0 Å². The molecule has 0 atom stereocenters. The van der Waals surface area contributed by atoms with Crippen LogP contribution >= 0.6 is 0 Å². The quantitative estimate of drug-likeness (QED) is 0.712. The first-order valence-electron chi connectivity index (χ1n) is 9.17. The zero-order valence-electron chi connectivity index (χ0n) is 16.3. The van der Waals surface area contributed by atoms with Gasteiger partial charge in [0.1, 0.15) is 12.4 Å². The fraction of sp³-hybridized carbons (Fsp3) is 0.400. The van der Waals surface area contributed by atoms with Crippen molar-refractivity contribution in [2.24, 2.45) is 5.92 Å². The third-order valence-electron chi connectivity index (χ3n) is 4.70. The first-order valence-corrected chi connectivity index (χ1v) is 12.5. The lowest BCUT2D eigenvalue weighted by Crippen LogP contribution is -2.38. The summed E-state index contributed by atoms with van der Waals surface area (Å²) in [5.41, 5.74) is 1.34. The van der Waals surface area contributed by atoms with Crippen LogP contribution in [0.2, 0.25) is 0 Å². The Kier molecular flexibility index (Phi) is 5.72. The van der Waals surface area contributed by atoms with Crippen LogP contribution in [0, 0.1) is 5.92 Å². The van der Waals surface area contributed by atoms with Crippen molar-refractivity contribution in [2.45, 2.75) is 36.5 Å². The molecule has 3 rings (SSSR count). The molecule has 6 nitrogen and oxygen atoms in total. The highest BCUT2D eigenvalue weighted by Crippen LogP contribution is 2.37. The van der Waals surface area contributed by atoms with Crippen LogP contribution < -0.4 is 9.04 Å². The number of hydrogen-bond donors (Lipinski definition) is 0. The molecule has 0 saturated carbocycles. The van der Waals surface area contributed by atoms with Gasteiger partial charge in [0.15, 0.2) is 9.84 Å². The van der Waals surface area contributed by atoms with Crippen molar-refractivity contribution in [1.82, 2.24) is 0 Å². The molecule has 2 aromatic carbocycles. The second-order valence-electron chi connectivity index (χ2n) is 7.40. The number of benzene rings is 2. The van der Waals surface area contributed by atoms with Crippen LogP contribution in [0.3, 0.4) is 0 Å². The Bertz CT molecular complexity index is 1060. The van der Waals surface area contributed by atoms with Gasteiger partial charge in [-0.1, -0.05) is 26.0 Å². The molecule has 152 valence electrons. The fourth-order valence-electron chi connectivity index (χ4n) is 3.06. The maximum atomic E-state index is 13.2. The zero-order chi connectivity index (χ0) is 20.5. The Hall–Kier alpha value is -2.06. The van der Waals surface area contributed by atoms with Crippen molar-refractivity contribution in [3.05, 3.63) is 48.0 Å². The van der Waals surface area contributed by atoms with Crippen molar-refractivity contribution < 1.29 is 21.6 Å². The van der Waals surface area contributed by atoms with Crippen molar-refractivity contribution in [3.8, 4) is 5.75 Å². The van der Waals surface area contributed by atoms with E-state index >= 15 is 0 Å². The predicted molar refractivity (Wildman–Crippen MR) is 109 cm³/mol. The Morgan fingerprint density at radius 1 is 1.00 bits per heavy atom. The smallest absolute Gasteiger partial charge is 0.264 e. The molecule has 1 heterocycles. The van der Waals surface area contributed by atoms with Gasteiger partial charge in [0, 0.05) is 6.26 Å². The second-order valence-corrected chi connectivity index (χ2v) is 11.3. The molecule has 0 fully saturated rings. The number of hydrogen-bond acceptors (Lipinski definition) is 5. The lowest BCUT2D eigenvalue weighted by atomic mass is 10.0. The Labute approximate surface area is 167 Å². The van der Waals surface area contributed by atoms with Crippen molar-refractivity contribution in [3.63, 3.8) is 0 Å². The van der Waals surface area contributed by atoms with Gasteiger partial charge in [-0.25, -0.2) is 16.8 Å². The molecular formula is C20H25NO5S2. The number of sulfone groups is 1. The van der Waals surface area contributed by atoms with E-state index in [0.717, 1.165) is 24.7 Å². The summed E-state index contributed by atoms with van der Waals surface area (Å²) in [6, 6.07) is 11.2. The molecule has 0 saturated heterocycles. The lowest BCUT2D eigenvalue weighted by molar-refractivity contribution is 0.315. The average molecular weight is 424 g/mol. The van der Waals surface area contributed by atoms with E-state index in [9.17, 15) is 16.8 Å². The number of anilines is 1. The van der Waals surface area contributed by atoms with Gasteiger partial charge >= 0.3 is 0 Å². The molecule has 0 unspecified atom stereocenters. The fourth-order valence-corrected chi connectivity index (χ4v) is 5.16. The molecule has 0 aliphatic carbocycles. The molecule has 2 aromatic rings. The van der Waals surface area contributed by atoms with Crippen molar-refractivity contribution in [2.75, 3.05) is 23.7 Å². The number of nitrogens with zero attached hydrogens (tertiary/aromatic N) is 1. The molecule has 0 aromatic heterocycles. The van der Waals surface area contributed by atoms with Crippen LogP contribution in [-0.4, -0.2) is 36.2 Å². The van der Waals surface area contributed by atoms with E-state index in [1.807, 2.05) is 12.1 Å². The molecule has 8 heteroatoms. The second kappa shape index (κ2) is 7.75. The highest BCUT2D eigenvalue weighted by Gasteiger charge is 2.31. The monoisotopic (exact) mass is 423 g/mol. The van der Waals surface area contributed by atoms with E-state index in [-0.39, 0.29) is 28.6 Å². The summed E-state index contributed by atoms with van der Waals surface area (Å²) in [6.07, 6.45) is 3.03. The van der Waals surface area contributed by atoms with E-state index in [0.29, 0.717) is 11.7 Å². The Morgan fingerprint density at radius 3 is 2.25 bits per heavy atom. The van der Waals surface area contributed by atoms with Crippen LogP contribution in [0.25, 0.3) is 0 Å². The normalized spacial score (nSPS) is 14.6. The van der Waals surface area contributed by atoms with Gasteiger partial charge in [0.25, 0.3) is 10.0 Å². The summed E-state index contributed by atoms with van der Waals surface area (Å²) in [7, 11) is -7.29. The van der Waals surface area contributed by atoms with Gasteiger partial charge in [0.2, 0.25) is 0 Å². The van der Waals surface area contributed by atoms with Crippen molar-refractivity contribution >= 4 is 25.5 Å². The van der Waals surface area contributed by atoms with Gasteiger partial charge in [-0.2, -0.15) is 0 Å². The summed E-state index contributed by atoms with van der Waals surface area (Å²) in [6.45, 7) is 4.63. The Balaban J connectivity index is 1.95. The third-order valence-corrected chi connectivity index (χ3v) is 7.64. The minimum atomic E-state index is -3.83. The number of sulfonamides is 1. The van der Waals surface area contributed by atoms with Crippen LogP contribution in [0.4, 0.5) is 5.69 Å². The predicted octanol–water partition coefficient (Wildman–Crippen LogP) is 3.27. The van der Waals surface area contributed by atoms with E-state index in [1.165, 1.54) is 22.5 Å². The van der Waals surface area contributed by atoms with Crippen LogP contribution in [0.1, 0.15) is 25.8 Å². The van der Waals surface area contributed by atoms with E-state index in [2.05, 4.69) is 13.8 Å². The molecule has 28 heavy (non-hydrogen) atoms. The van der Waals surface area contributed by atoms with Crippen LogP contribution in [0.15, 0.2) is 52.3 Å². The third kappa shape index (κ3) is 4.33. The minimum Gasteiger partial charge on any atom is -0.489 e. The van der Waals surface area contributed by atoms with Crippen LogP contribution in [0.5, 0.6) is 5.75 Å². The number of aryl methyl sites for hydroxylation is 1. The average Bonchev–Trinajstić information content (AvgIpc) is 2.65. The van der Waals surface area contributed by atoms with Crippen molar-refractivity contribution in [1.29, 1.82) is 0 Å². The van der Waals surface area contributed by atoms with Gasteiger partial charge in [0.05, 0.1) is 22.0 Å². The summed E-state index contributed by atoms with van der Waals surface area (Å²) in [5, 5.41) is 0. The maximum Gasteiger partial charge on any atom is 0.264 e. The summed E-state index contributed by atoms with van der Waals surface area (Å²) < 4.78 is 56.9. The number of rotatable bonds is 6. The standard InChI is InChI=1S/C20H25NO5S2/c1-15(2)4-5-16-6-8-17(9-7-16)28(24,25)21-12-13-26-20-11-10-18(14-19(20)21)27(3,22)23/h6-11,14-15H,4-5,12-13H2,1-3H3. The van der Waals surface area contributed by atoms with Gasteiger partial charge < -0.3 is 4.74 Å². The SMILES string of the molecule is CC(C)CCc1ccc(S(=O)(=O)N2CCOc3ccc(S(C)(=O)=O)cc32)cc1. The topological polar surface area (TPSA) is 80.8 Å². The molecule has 0 spiro atoms. The molecular weight excluding hydrogens is 398 g/mol. The lowest BCUT2D eigenvalue weighted by Gasteiger charge is -2.30. The molecule has 1 aliphatic rings. The van der Waals surface area contributed by atoms with E-state index in [1.54, 1.807) is 12.1 Å². The number of fused-ring (bicyclic) bond motifs is 1. The molecule has 0 radical (unpaired) electrons. The van der Waals surface area contributed by atoms with Gasteiger partial charge in [-0.3, -0.25) is 4.31 Å². The molecule has 0 N–H and O–H groups in total. The first kappa shape index (κ1) is 20.7. The zero-order valence-corrected chi connectivity index (χ0v) is 17.9. The summed E-state index contributed by atoms with van der Waals surface area (Å²) >= 11 is 0. The highest BCUT2D eigenvalue weighted by molar-refractivity contribution is 7.93. The van der Waals surface area contributed by atoms with Crippen LogP contribution in [-0.2, 0) is 26.3 Å². The largest absolute Gasteiger partial charge is 0.489 e. The highest BCUT2D eigenvalue weighted by atomic mass is 32.2. The number of ether oxygens (including phenoxy) is 1. The maximum absolute atomic E-state index is 13.2. The molecule has 0 bridgehead atoms. The van der Waals surface area contributed by atoms with E-state index in [4.69, 9.17) is 4.74 Å². The molecule has 1 aliphatic heterocycles. The summed E-state index contributed by atoms with van der Waals surface area (Å²) in [5.74, 6) is 0.938. The molecule has 0 amide bonds. The minimum absolute atomic E-state index is 0.0565.